The average molecular weight is 823 g/mol. The van der Waals surface area contributed by atoms with E-state index in [1.54, 1.807) is 25.1 Å². The van der Waals surface area contributed by atoms with Gasteiger partial charge < -0.3 is 44.7 Å². The number of halogens is 3. The van der Waals surface area contributed by atoms with Gasteiger partial charge in [0.2, 0.25) is 23.6 Å². The number of aromatic nitrogens is 1. The van der Waals surface area contributed by atoms with Gasteiger partial charge in [0.1, 0.15) is 0 Å². The van der Waals surface area contributed by atoms with Crippen molar-refractivity contribution in [3.05, 3.63) is 41.7 Å². The number of carbonyl (C=O) groups is 4. The number of carbonyl (C=O) groups excluding carboxylic acids is 4. The normalized spacial score (nSPS) is 26.7. The van der Waals surface area contributed by atoms with Crippen molar-refractivity contribution < 1.29 is 51.3 Å². The number of amides is 4. The number of nitrogens with one attached hydrogen (secondary N) is 3. The number of methoxy groups -OCH3 is 1. The summed E-state index contributed by atoms with van der Waals surface area (Å²) in [5, 5.41) is 9.53. The minimum atomic E-state index is -4.52. The Morgan fingerprint density at radius 3 is 2.71 bits per heavy atom. The zero-order valence-corrected chi connectivity index (χ0v) is 34.1. The minimum Gasteiger partial charge on any atom is -0.379 e. The van der Waals surface area contributed by atoms with Crippen molar-refractivity contribution in [3.8, 4) is 0 Å². The number of likely N-dealkylation sites (tertiary alicyclic amines) is 1. The molecular weight excluding hydrogens is 761 g/mol. The zero-order valence-electron chi connectivity index (χ0n) is 34.1. The highest BCUT2D eigenvalue weighted by Crippen LogP contribution is 2.45. The van der Waals surface area contributed by atoms with E-state index in [2.05, 4.69) is 27.5 Å². The van der Waals surface area contributed by atoms with Gasteiger partial charge in [0.15, 0.2) is 0 Å². The molecule has 14 nitrogen and oxygen atoms in total. The third-order valence-corrected chi connectivity index (χ3v) is 12.0. The molecule has 0 aromatic carbocycles. The first-order chi connectivity index (χ1) is 27.7. The lowest BCUT2D eigenvalue weighted by Crippen LogP contribution is -2.51. The first-order valence-corrected chi connectivity index (χ1v) is 20.5. The molecule has 7 atom stereocenters. The number of likely N-dealkylation sites (N-methyl/N-ethyl adjacent to an activating group) is 1. The molecule has 5 rings (SSSR count). The molecule has 0 radical (unpaired) electrons. The van der Waals surface area contributed by atoms with Gasteiger partial charge in [0, 0.05) is 96.8 Å². The summed E-state index contributed by atoms with van der Waals surface area (Å²) >= 11 is 0. The van der Waals surface area contributed by atoms with E-state index in [1.165, 1.54) is 4.90 Å². The van der Waals surface area contributed by atoms with Crippen LogP contribution in [0.3, 0.4) is 0 Å². The van der Waals surface area contributed by atoms with Crippen molar-refractivity contribution in [1.29, 1.82) is 0 Å². The highest BCUT2D eigenvalue weighted by Gasteiger charge is 2.48. The summed E-state index contributed by atoms with van der Waals surface area (Å²) in [6.07, 6.45) is 2.55. The van der Waals surface area contributed by atoms with Gasteiger partial charge in [0.05, 0.1) is 55.5 Å². The second-order valence-corrected chi connectivity index (χ2v) is 16.2. The number of rotatable bonds is 20. The fourth-order valence-corrected chi connectivity index (χ4v) is 8.77. The number of hydrogen-bond acceptors (Lipinski definition) is 10. The molecule has 3 aliphatic heterocycles. The molecule has 3 fully saturated rings. The Balaban J connectivity index is 1.03. The van der Waals surface area contributed by atoms with Crippen LogP contribution in [0.4, 0.5) is 13.2 Å². The predicted octanol–water partition coefficient (Wildman–Crippen LogP) is 3.02. The summed E-state index contributed by atoms with van der Waals surface area (Å²) in [6, 6.07) is 0.947. The van der Waals surface area contributed by atoms with Gasteiger partial charge in [-0.3, -0.25) is 24.2 Å². The molecule has 2 saturated heterocycles. The van der Waals surface area contributed by atoms with Gasteiger partial charge >= 0.3 is 6.18 Å². The fourth-order valence-electron chi connectivity index (χ4n) is 8.77. The molecule has 58 heavy (non-hydrogen) atoms. The van der Waals surface area contributed by atoms with E-state index in [4.69, 9.17) is 18.9 Å². The number of alkyl halides is 3. The van der Waals surface area contributed by atoms with Gasteiger partial charge in [-0.15, -0.1) is 6.58 Å². The van der Waals surface area contributed by atoms with Crippen molar-refractivity contribution in [1.82, 2.24) is 30.7 Å². The number of fused-ring (bicyclic) bond motifs is 1. The van der Waals surface area contributed by atoms with Crippen molar-refractivity contribution in [2.75, 3.05) is 73.4 Å². The number of pyridine rings is 1. The van der Waals surface area contributed by atoms with Gasteiger partial charge in [-0.25, -0.2) is 0 Å². The molecule has 3 N–H and O–H groups in total. The number of nitrogens with zero attached hydrogens (tertiary/aromatic N) is 3. The van der Waals surface area contributed by atoms with Crippen molar-refractivity contribution in [2.45, 2.75) is 102 Å². The highest BCUT2D eigenvalue weighted by atomic mass is 19.4. The van der Waals surface area contributed by atoms with E-state index in [0.717, 1.165) is 25.1 Å². The maximum absolute atomic E-state index is 14.4. The summed E-state index contributed by atoms with van der Waals surface area (Å²) < 4.78 is 63.0. The van der Waals surface area contributed by atoms with Crippen LogP contribution in [0.25, 0.3) is 0 Å². The molecule has 17 heteroatoms. The van der Waals surface area contributed by atoms with Gasteiger partial charge in [-0.05, 0) is 56.1 Å². The Morgan fingerprint density at radius 1 is 1.16 bits per heavy atom. The van der Waals surface area contributed by atoms with Crippen LogP contribution < -0.4 is 16.0 Å². The summed E-state index contributed by atoms with van der Waals surface area (Å²) in [4.78, 5) is 59.0. The van der Waals surface area contributed by atoms with E-state index in [0.29, 0.717) is 103 Å². The van der Waals surface area contributed by atoms with Crippen molar-refractivity contribution in [3.63, 3.8) is 0 Å². The molecule has 1 saturated carbocycles. The molecule has 4 heterocycles. The summed E-state index contributed by atoms with van der Waals surface area (Å²) in [5.74, 6) is -0.970. The van der Waals surface area contributed by atoms with Gasteiger partial charge in [-0.1, -0.05) is 13.0 Å². The first kappa shape index (κ1) is 45.4. The second kappa shape index (κ2) is 21.1. The Labute approximate surface area is 339 Å². The molecular formula is C41H61F3N6O8. The van der Waals surface area contributed by atoms with E-state index in [1.807, 2.05) is 6.92 Å². The van der Waals surface area contributed by atoms with Crippen molar-refractivity contribution in [2.24, 2.45) is 17.3 Å². The molecule has 1 unspecified atom stereocenters. The monoisotopic (exact) mass is 822 g/mol. The first-order valence-electron chi connectivity index (χ1n) is 20.5. The van der Waals surface area contributed by atoms with Gasteiger partial charge in [-0.2, -0.15) is 13.2 Å². The molecule has 0 bridgehead atoms. The molecule has 4 amide bonds. The lowest BCUT2D eigenvalue weighted by Gasteiger charge is -2.38. The lowest BCUT2D eigenvalue weighted by atomic mass is 9.79. The maximum atomic E-state index is 14.4. The summed E-state index contributed by atoms with van der Waals surface area (Å²) in [5.41, 5.74) is -0.525. The summed E-state index contributed by atoms with van der Waals surface area (Å²) in [7, 11) is 3.33. The molecule has 0 spiro atoms. The molecule has 1 aliphatic carbocycles. The van der Waals surface area contributed by atoms with E-state index < -0.39 is 23.1 Å². The quantitative estimate of drug-likeness (QED) is 0.132. The predicted molar refractivity (Wildman–Crippen MR) is 207 cm³/mol. The van der Waals surface area contributed by atoms with Crippen LogP contribution in [-0.4, -0.2) is 136 Å². The largest absolute Gasteiger partial charge is 0.417 e. The van der Waals surface area contributed by atoms with Crippen LogP contribution in [0.1, 0.15) is 75.1 Å². The number of ether oxygens (including phenoxy) is 4. The SMILES string of the molecule is C=C[C@@H]1[C@@H](C(=O)NCCOCCOCC(C)CC(=O)NCCC[C@]2(C(=O)N3CCc4ncc(C(F)(F)F)cc4C3)CC[C@@H](N[C@H]3CCOC[C@H]3OC)C2)CC(=O)N1C. The average Bonchev–Trinajstić information content (AvgIpc) is 3.75. The third-order valence-electron chi connectivity index (χ3n) is 12.0. The molecule has 324 valence electrons. The highest BCUT2D eigenvalue weighted by molar-refractivity contribution is 5.90. The fraction of sp³-hybridized carbons (Fsp3) is 0.732. The van der Waals surface area contributed by atoms with Crippen LogP contribution >= 0.6 is 0 Å². The maximum Gasteiger partial charge on any atom is 0.417 e. The molecule has 4 aliphatic rings. The van der Waals surface area contributed by atoms with Crippen LogP contribution in [0.2, 0.25) is 0 Å². The number of hydrogen-bond donors (Lipinski definition) is 3. The van der Waals surface area contributed by atoms with Crippen LogP contribution in [0.5, 0.6) is 0 Å². The smallest absolute Gasteiger partial charge is 0.379 e. The zero-order chi connectivity index (χ0) is 41.9. The van der Waals surface area contributed by atoms with Gasteiger partial charge in [0.25, 0.3) is 0 Å². The second-order valence-electron chi connectivity index (χ2n) is 16.2. The Hall–Kier alpha value is -3.64. The topological polar surface area (TPSA) is 161 Å². The Morgan fingerprint density at radius 2 is 1.95 bits per heavy atom. The van der Waals surface area contributed by atoms with E-state index in [9.17, 15) is 32.3 Å². The van der Waals surface area contributed by atoms with Crippen LogP contribution in [0, 0.1) is 17.3 Å². The Kier molecular flexibility index (Phi) is 16.5. The van der Waals surface area contributed by atoms with Crippen LogP contribution in [-0.2, 0) is 57.3 Å². The molecule has 1 aromatic rings. The van der Waals surface area contributed by atoms with Crippen molar-refractivity contribution >= 4 is 23.6 Å². The van der Waals surface area contributed by atoms with E-state index >= 15 is 0 Å². The Bertz CT molecular complexity index is 1580. The van der Waals surface area contributed by atoms with Crippen LogP contribution in [0.15, 0.2) is 24.9 Å². The van der Waals surface area contributed by atoms with E-state index in [-0.39, 0.29) is 73.2 Å². The third kappa shape index (κ3) is 12.0. The minimum absolute atomic E-state index is 0.0469. The summed E-state index contributed by atoms with van der Waals surface area (Å²) in [6.45, 7) is 9.25. The lowest BCUT2D eigenvalue weighted by molar-refractivity contribution is -0.143. The molecule has 1 aromatic heterocycles. The standard InChI is InChI=1S/C41H61F3N6O8/c1-5-34-31(21-37(52)49(34)3)38(53)46-13-16-56-17-18-58-25-27(2)19-36(51)45-12-6-10-40(11-7-30(22-40)48-33-9-15-57-26-35(33)55-4)39(54)50-14-8-32-28(24-50)20-29(23-47-32)41(42,43)44/h5,20,23,27,30-31,33-35,48H,1,6-19,21-22,24-26H2,2-4H3,(H,45,51)(H,46,53)/t27?,30-,31+,33+,34-,35-,40+/m1/s1.